The van der Waals surface area contributed by atoms with E-state index < -0.39 is 15.9 Å². The lowest BCUT2D eigenvalue weighted by molar-refractivity contribution is -0.119. The van der Waals surface area contributed by atoms with Crippen LogP contribution < -0.4 is 14.2 Å². The van der Waals surface area contributed by atoms with Gasteiger partial charge in [-0.1, -0.05) is 6.07 Å². The summed E-state index contributed by atoms with van der Waals surface area (Å²) in [5.41, 5.74) is 0. The molecule has 1 aromatic heterocycles. The van der Waals surface area contributed by atoms with Crippen molar-refractivity contribution in [1.82, 2.24) is 4.72 Å². The van der Waals surface area contributed by atoms with Crippen LogP contribution in [0.4, 0.5) is 0 Å². The highest BCUT2D eigenvalue weighted by molar-refractivity contribution is 7.90. The Hall–Kier alpha value is -2.06. The van der Waals surface area contributed by atoms with Crippen molar-refractivity contribution in [3.05, 3.63) is 40.6 Å². The van der Waals surface area contributed by atoms with Gasteiger partial charge in [0.1, 0.15) is 13.2 Å². The molecule has 1 aromatic carbocycles. The van der Waals surface area contributed by atoms with Gasteiger partial charge in [0.05, 0.1) is 4.90 Å². The van der Waals surface area contributed by atoms with Crippen molar-refractivity contribution in [3.63, 3.8) is 0 Å². The number of sulfonamides is 1. The molecule has 0 bridgehead atoms. The number of benzene rings is 1. The number of carbonyl (C=O) groups excluding carboxylic acids is 1. The van der Waals surface area contributed by atoms with E-state index in [4.69, 9.17) is 9.47 Å². The number of hydrogen-bond donors (Lipinski definition) is 1. The van der Waals surface area contributed by atoms with Crippen molar-refractivity contribution in [2.45, 2.75) is 17.7 Å². The quantitative estimate of drug-likeness (QED) is 0.889. The van der Waals surface area contributed by atoms with E-state index in [1.165, 1.54) is 29.5 Å². The zero-order valence-electron chi connectivity index (χ0n) is 12.2. The zero-order chi connectivity index (χ0) is 16.3. The maximum absolute atomic E-state index is 12.3. The molecule has 0 fully saturated rings. The van der Waals surface area contributed by atoms with Crippen LogP contribution in [-0.2, 0) is 21.2 Å². The van der Waals surface area contributed by atoms with Crippen molar-refractivity contribution in [2.75, 3.05) is 13.2 Å². The fourth-order valence-corrected chi connectivity index (χ4v) is 3.88. The molecule has 23 heavy (non-hydrogen) atoms. The maximum atomic E-state index is 12.3. The molecule has 6 nitrogen and oxygen atoms in total. The van der Waals surface area contributed by atoms with Crippen LogP contribution in [0.3, 0.4) is 0 Å². The SMILES string of the molecule is O=C(CCc1cccs1)NS(=O)(=O)c1ccc2c(c1)OCCO2. The lowest BCUT2D eigenvalue weighted by Gasteiger charge is -2.18. The second kappa shape index (κ2) is 6.59. The normalized spacial score (nSPS) is 13.6. The molecule has 0 unspecified atom stereocenters. The lowest BCUT2D eigenvalue weighted by Crippen LogP contribution is -2.30. The fourth-order valence-electron chi connectivity index (χ4n) is 2.14. The van der Waals surface area contributed by atoms with E-state index in [2.05, 4.69) is 4.72 Å². The van der Waals surface area contributed by atoms with Crippen molar-refractivity contribution in [3.8, 4) is 11.5 Å². The molecule has 0 spiro atoms. The van der Waals surface area contributed by atoms with Crippen LogP contribution in [0.1, 0.15) is 11.3 Å². The molecule has 1 aliphatic heterocycles. The minimum absolute atomic E-state index is 0.0220. The number of thiophene rings is 1. The second-order valence-electron chi connectivity index (χ2n) is 4.91. The molecule has 0 radical (unpaired) electrons. The predicted molar refractivity (Wildman–Crippen MR) is 85.4 cm³/mol. The number of carbonyl (C=O) groups is 1. The van der Waals surface area contributed by atoms with Crippen LogP contribution in [0.25, 0.3) is 0 Å². The second-order valence-corrected chi connectivity index (χ2v) is 7.63. The van der Waals surface area contributed by atoms with Gasteiger partial charge in [-0.05, 0) is 30.0 Å². The Morgan fingerprint density at radius 1 is 1.17 bits per heavy atom. The van der Waals surface area contributed by atoms with Crippen LogP contribution in [-0.4, -0.2) is 27.5 Å². The number of fused-ring (bicyclic) bond motifs is 1. The summed E-state index contributed by atoms with van der Waals surface area (Å²) in [5.74, 6) is 0.331. The van der Waals surface area contributed by atoms with Crippen molar-refractivity contribution >= 4 is 27.3 Å². The highest BCUT2D eigenvalue weighted by Crippen LogP contribution is 2.32. The minimum atomic E-state index is -3.92. The Labute approximate surface area is 138 Å². The first-order valence-corrected chi connectivity index (χ1v) is 9.38. The topological polar surface area (TPSA) is 81.7 Å². The molecule has 1 aliphatic rings. The smallest absolute Gasteiger partial charge is 0.264 e. The summed E-state index contributed by atoms with van der Waals surface area (Å²) in [4.78, 5) is 12.9. The first-order chi connectivity index (χ1) is 11.0. The van der Waals surface area contributed by atoms with Gasteiger partial charge in [0, 0.05) is 17.4 Å². The molecule has 2 heterocycles. The zero-order valence-corrected chi connectivity index (χ0v) is 13.8. The van der Waals surface area contributed by atoms with Gasteiger partial charge in [-0.2, -0.15) is 0 Å². The number of hydrogen-bond acceptors (Lipinski definition) is 6. The molecule has 122 valence electrons. The summed E-state index contributed by atoms with van der Waals surface area (Å²) in [7, 11) is -3.92. The van der Waals surface area contributed by atoms with E-state index in [0.717, 1.165) is 4.88 Å². The van der Waals surface area contributed by atoms with E-state index in [1.807, 2.05) is 17.5 Å². The molecule has 0 saturated heterocycles. The van der Waals surface area contributed by atoms with Crippen molar-refractivity contribution in [2.24, 2.45) is 0 Å². The van der Waals surface area contributed by atoms with Crippen molar-refractivity contribution < 1.29 is 22.7 Å². The van der Waals surface area contributed by atoms with Gasteiger partial charge in [-0.25, -0.2) is 13.1 Å². The predicted octanol–water partition coefficient (Wildman–Crippen LogP) is 1.96. The Kier molecular flexibility index (Phi) is 4.53. The maximum Gasteiger partial charge on any atom is 0.264 e. The first kappa shape index (κ1) is 15.8. The first-order valence-electron chi connectivity index (χ1n) is 7.02. The summed E-state index contributed by atoms with van der Waals surface area (Å²) in [6.07, 6.45) is 0.629. The number of rotatable bonds is 5. The Balaban J connectivity index is 1.67. The third-order valence-corrected chi connectivity index (χ3v) is 5.56. The van der Waals surface area contributed by atoms with Gasteiger partial charge in [0.2, 0.25) is 5.91 Å². The standard InChI is InChI=1S/C15H15NO5S2/c17-15(6-3-11-2-1-9-22-11)16-23(18,19)12-4-5-13-14(10-12)21-8-7-20-13/h1-2,4-5,9-10H,3,6-8H2,(H,16,17). The molecule has 1 amide bonds. The summed E-state index contributed by atoms with van der Waals surface area (Å²) >= 11 is 1.53. The summed E-state index contributed by atoms with van der Waals surface area (Å²) in [5, 5.41) is 1.92. The van der Waals surface area contributed by atoms with Crippen LogP contribution in [0.5, 0.6) is 11.5 Å². The lowest BCUT2D eigenvalue weighted by atomic mass is 10.2. The van der Waals surface area contributed by atoms with Crippen molar-refractivity contribution in [1.29, 1.82) is 0 Å². The highest BCUT2D eigenvalue weighted by Gasteiger charge is 2.21. The molecule has 0 aliphatic carbocycles. The van der Waals surface area contributed by atoms with Gasteiger partial charge >= 0.3 is 0 Å². The Morgan fingerprint density at radius 3 is 2.70 bits per heavy atom. The summed E-state index contributed by atoms with van der Waals surface area (Å²) < 4.78 is 37.3. The molecule has 0 saturated carbocycles. The van der Waals surface area contributed by atoms with E-state index >= 15 is 0 Å². The molecular formula is C15H15NO5S2. The molecule has 2 aromatic rings. The number of amides is 1. The van der Waals surface area contributed by atoms with Gasteiger partial charge < -0.3 is 9.47 Å². The van der Waals surface area contributed by atoms with E-state index in [1.54, 1.807) is 0 Å². The molecule has 3 rings (SSSR count). The molecular weight excluding hydrogens is 338 g/mol. The summed E-state index contributed by atoms with van der Waals surface area (Å²) in [6, 6.07) is 8.09. The van der Waals surface area contributed by atoms with Gasteiger partial charge in [0.15, 0.2) is 11.5 Å². The van der Waals surface area contributed by atoms with E-state index in [-0.39, 0.29) is 11.3 Å². The fraction of sp³-hybridized carbons (Fsp3) is 0.267. The molecule has 0 atom stereocenters. The van der Waals surface area contributed by atoms with Gasteiger partial charge in [-0.15, -0.1) is 11.3 Å². The number of ether oxygens (including phenoxy) is 2. The van der Waals surface area contributed by atoms with Crippen LogP contribution in [0.15, 0.2) is 40.6 Å². The van der Waals surface area contributed by atoms with Crippen LogP contribution in [0.2, 0.25) is 0 Å². The van der Waals surface area contributed by atoms with Crippen LogP contribution >= 0.6 is 11.3 Å². The van der Waals surface area contributed by atoms with E-state index in [0.29, 0.717) is 31.1 Å². The third-order valence-electron chi connectivity index (χ3n) is 3.25. The third kappa shape index (κ3) is 3.83. The largest absolute Gasteiger partial charge is 0.486 e. The average Bonchev–Trinajstić information content (AvgIpc) is 3.05. The number of nitrogens with one attached hydrogen (secondary N) is 1. The van der Waals surface area contributed by atoms with E-state index in [9.17, 15) is 13.2 Å². The minimum Gasteiger partial charge on any atom is -0.486 e. The Morgan fingerprint density at radius 2 is 1.96 bits per heavy atom. The average molecular weight is 353 g/mol. The number of aryl methyl sites for hydroxylation is 1. The highest BCUT2D eigenvalue weighted by atomic mass is 32.2. The monoisotopic (exact) mass is 353 g/mol. The summed E-state index contributed by atoms with van der Waals surface area (Å²) in [6.45, 7) is 0.794. The Bertz CT molecular complexity index is 799. The molecule has 1 N–H and O–H groups in total. The van der Waals surface area contributed by atoms with Gasteiger partial charge in [0.25, 0.3) is 10.0 Å². The van der Waals surface area contributed by atoms with Gasteiger partial charge in [-0.3, -0.25) is 4.79 Å². The van der Waals surface area contributed by atoms with Crippen LogP contribution in [0, 0.1) is 0 Å². The molecule has 8 heteroatoms.